The van der Waals surface area contributed by atoms with E-state index in [1.807, 2.05) is 0 Å². The van der Waals surface area contributed by atoms with Crippen LogP contribution >= 0.6 is 15.2 Å². The Hall–Kier alpha value is -0.760. The molecule has 0 fully saturated rings. The van der Waals surface area contributed by atoms with E-state index in [1.165, 1.54) is 13.8 Å². The highest BCUT2D eigenvalue weighted by Crippen LogP contribution is 2.50. The summed E-state index contributed by atoms with van der Waals surface area (Å²) in [5.74, 6) is -5.22. The van der Waals surface area contributed by atoms with Crippen molar-refractivity contribution in [1.82, 2.24) is 0 Å². The molecule has 12 heteroatoms. The van der Waals surface area contributed by atoms with Gasteiger partial charge in [-0.3, -0.25) is 18.7 Å². The molecule has 0 spiro atoms. The van der Waals surface area contributed by atoms with Gasteiger partial charge in [-0.1, -0.05) is 13.8 Å². The Morgan fingerprint density at radius 3 is 1.54 bits per heavy atom. The number of rotatable bonds is 11. The predicted molar refractivity (Wildman–Crippen MR) is 83.7 cm³/mol. The Morgan fingerprint density at radius 1 is 0.833 bits per heavy atom. The second kappa shape index (κ2) is 9.08. The molecule has 4 atom stereocenters. The normalized spacial score (nSPS) is 17.8. The zero-order valence-corrected chi connectivity index (χ0v) is 15.1. The van der Waals surface area contributed by atoms with Crippen LogP contribution in [-0.2, 0) is 18.7 Å². The Bertz CT molecular complexity index is 536. The van der Waals surface area contributed by atoms with E-state index in [-0.39, 0.29) is 6.42 Å². The lowest BCUT2D eigenvalue weighted by molar-refractivity contribution is -0.142. The van der Waals surface area contributed by atoms with Gasteiger partial charge in [0.15, 0.2) is 0 Å². The molecule has 0 saturated heterocycles. The lowest BCUT2D eigenvalue weighted by Crippen LogP contribution is -2.27. The fourth-order valence-electron chi connectivity index (χ4n) is 2.38. The van der Waals surface area contributed by atoms with Gasteiger partial charge in [0.2, 0.25) is 0 Å². The second-order valence-corrected chi connectivity index (χ2v) is 9.69. The van der Waals surface area contributed by atoms with Gasteiger partial charge in [-0.2, -0.15) is 0 Å². The van der Waals surface area contributed by atoms with Gasteiger partial charge in [0.25, 0.3) is 0 Å². The maximum atomic E-state index is 11.6. The van der Waals surface area contributed by atoms with Crippen LogP contribution in [0.15, 0.2) is 0 Å². The Morgan fingerprint density at radius 2 is 1.25 bits per heavy atom. The quantitative estimate of drug-likeness (QED) is 0.278. The molecule has 24 heavy (non-hydrogen) atoms. The van der Waals surface area contributed by atoms with Crippen LogP contribution in [0.5, 0.6) is 0 Å². The van der Waals surface area contributed by atoms with Crippen LogP contribution in [0.3, 0.4) is 0 Å². The maximum Gasteiger partial charge on any atom is 0.328 e. The molecule has 0 aromatic rings. The molecule has 0 amide bonds. The molecule has 4 unspecified atom stereocenters. The summed E-state index contributed by atoms with van der Waals surface area (Å²) in [5, 5.41) is 18.1. The van der Waals surface area contributed by atoms with Gasteiger partial charge in [0.1, 0.15) is 0 Å². The SMILES string of the molecule is CCC(CC(CC(CC(C)C(=O)O)P(=O)(O)O)C(=O)O)P(=O)(O)O. The molecule has 0 aromatic heterocycles. The molecular weight excluding hydrogens is 366 g/mol. The average Bonchev–Trinajstić information content (AvgIpc) is 2.38. The van der Waals surface area contributed by atoms with Gasteiger partial charge in [-0.05, 0) is 25.7 Å². The van der Waals surface area contributed by atoms with E-state index >= 15 is 0 Å². The minimum atomic E-state index is -4.78. The van der Waals surface area contributed by atoms with E-state index in [2.05, 4.69) is 0 Å². The molecule has 0 saturated carbocycles. The van der Waals surface area contributed by atoms with Crippen LogP contribution < -0.4 is 0 Å². The highest BCUT2D eigenvalue weighted by molar-refractivity contribution is 7.52. The minimum absolute atomic E-state index is 0.000163. The largest absolute Gasteiger partial charge is 0.481 e. The van der Waals surface area contributed by atoms with Crippen LogP contribution in [0.2, 0.25) is 0 Å². The van der Waals surface area contributed by atoms with Crippen molar-refractivity contribution < 1.29 is 48.5 Å². The Kier molecular flexibility index (Phi) is 8.79. The van der Waals surface area contributed by atoms with Gasteiger partial charge in [-0.25, -0.2) is 0 Å². The fraction of sp³-hybridized carbons (Fsp3) is 0.833. The zero-order chi connectivity index (χ0) is 19.3. The number of aliphatic carboxylic acids is 2. The molecule has 6 N–H and O–H groups in total. The Labute approximate surface area is 139 Å². The first-order chi connectivity index (χ1) is 10.7. The van der Waals surface area contributed by atoms with Gasteiger partial charge in [-0.15, -0.1) is 0 Å². The smallest absolute Gasteiger partial charge is 0.328 e. The molecule has 0 radical (unpaired) electrons. The number of hydrogen-bond acceptors (Lipinski definition) is 4. The molecule has 0 aliphatic carbocycles. The summed E-state index contributed by atoms with van der Waals surface area (Å²) in [6.45, 7) is 2.71. The van der Waals surface area contributed by atoms with Crippen LogP contribution in [0.25, 0.3) is 0 Å². The first-order valence-corrected chi connectivity index (χ1v) is 10.6. The van der Waals surface area contributed by atoms with Gasteiger partial charge in [0, 0.05) is 0 Å². The topological polar surface area (TPSA) is 190 Å². The minimum Gasteiger partial charge on any atom is -0.481 e. The molecule has 0 bridgehead atoms. The molecule has 10 nitrogen and oxygen atoms in total. The Balaban J connectivity index is 5.35. The molecule has 0 rings (SSSR count). The van der Waals surface area contributed by atoms with Crippen LogP contribution in [0.1, 0.15) is 39.5 Å². The van der Waals surface area contributed by atoms with E-state index in [0.717, 1.165) is 0 Å². The highest BCUT2D eigenvalue weighted by atomic mass is 31.2. The molecule has 0 aromatic carbocycles. The molecule has 142 valence electrons. The van der Waals surface area contributed by atoms with Crippen molar-refractivity contribution in [2.75, 3.05) is 0 Å². The highest BCUT2D eigenvalue weighted by Gasteiger charge is 2.39. The van der Waals surface area contributed by atoms with E-state index in [1.54, 1.807) is 0 Å². The summed E-state index contributed by atoms with van der Waals surface area (Å²) in [6, 6.07) is 0. The van der Waals surface area contributed by atoms with Crippen molar-refractivity contribution in [2.45, 2.75) is 50.8 Å². The van der Waals surface area contributed by atoms with Crippen molar-refractivity contribution in [3.63, 3.8) is 0 Å². The van der Waals surface area contributed by atoms with E-state index in [9.17, 15) is 43.4 Å². The summed E-state index contributed by atoms with van der Waals surface area (Å²) in [4.78, 5) is 59.3. The van der Waals surface area contributed by atoms with Gasteiger partial charge >= 0.3 is 27.1 Å². The standard InChI is InChI=1S/C12H24O10P2/c1-3-9(23(17,18)19)5-8(12(15)16)6-10(24(20,21)22)4-7(2)11(13)14/h7-10H,3-6H2,1-2H3,(H,13,14)(H,15,16)(H2,17,18,19)(H2,20,21,22). The molecule has 0 aliphatic rings. The van der Waals surface area contributed by atoms with Crippen LogP contribution in [-0.4, -0.2) is 53.0 Å². The van der Waals surface area contributed by atoms with Crippen molar-refractivity contribution in [3.05, 3.63) is 0 Å². The van der Waals surface area contributed by atoms with E-state index in [4.69, 9.17) is 5.11 Å². The van der Waals surface area contributed by atoms with E-state index in [0.29, 0.717) is 0 Å². The summed E-state index contributed by atoms with van der Waals surface area (Å²) in [6.07, 6.45) is -1.45. The summed E-state index contributed by atoms with van der Waals surface area (Å²) < 4.78 is 22.9. The molecule has 0 heterocycles. The van der Waals surface area contributed by atoms with Gasteiger partial charge in [0.05, 0.1) is 23.2 Å². The van der Waals surface area contributed by atoms with Crippen molar-refractivity contribution in [2.24, 2.45) is 11.8 Å². The second-order valence-electron chi connectivity index (χ2n) is 5.88. The van der Waals surface area contributed by atoms with Crippen LogP contribution in [0, 0.1) is 11.8 Å². The summed E-state index contributed by atoms with van der Waals surface area (Å²) in [7, 11) is -9.32. The van der Waals surface area contributed by atoms with Crippen molar-refractivity contribution >= 4 is 27.1 Å². The van der Waals surface area contributed by atoms with Crippen molar-refractivity contribution in [1.29, 1.82) is 0 Å². The first kappa shape index (κ1) is 23.2. The third-order valence-electron chi connectivity index (χ3n) is 3.93. The predicted octanol–water partition coefficient (Wildman–Crippen LogP) is 1.08. The van der Waals surface area contributed by atoms with Crippen molar-refractivity contribution in [3.8, 4) is 0 Å². The third-order valence-corrected chi connectivity index (χ3v) is 6.83. The molecular formula is C12H24O10P2. The average molecular weight is 390 g/mol. The lowest BCUT2D eigenvalue weighted by Gasteiger charge is -2.26. The first-order valence-electron chi connectivity index (χ1n) is 7.26. The lowest BCUT2D eigenvalue weighted by atomic mass is 9.93. The number of hydrogen-bond donors (Lipinski definition) is 6. The summed E-state index contributed by atoms with van der Waals surface area (Å²) in [5.41, 5.74) is -2.76. The maximum absolute atomic E-state index is 11.6. The van der Waals surface area contributed by atoms with Gasteiger partial charge < -0.3 is 29.8 Å². The molecule has 0 aliphatic heterocycles. The zero-order valence-electron chi connectivity index (χ0n) is 13.3. The van der Waals surface area contributed by atoms with E-state index < -0.39 is 69.5 Å². The number of carbonyl (C=O) groups is 2. The van der Waals surface area contributed by atoms with Crippen LogP contribution in [0.4, 0.5) is 0 Å². The number of carboxylic acid groups (broad SMARTS) is 2. The third kappa shape index (κ3) is 7.88. The summed E-state index contributed by atoms with van der Waals surface area (Å²) >= 11 is 0. The number of carboxylic acids is 2. The fourth-order valence-corrected chi connectivity index (χ4v) is 4.50. The monoisotopic (exact) mass is 390 g/mol.